The molecular formula is C8H10F8OS. The van der Waals surface area contributed by atoms with Crippen LogP contribution in [-0.4, -0.2) is 43.2 Å². The van der Waals surface area contributed by atoms with Gasteiger partial charge in [0.05, 0.1) is 0 Å². The van der Waals surface area contributed by atoms with Gasteiger partial charge in [-0.05, 0) is 12.2 Å². The Morgan fingerprint density at radius 2 is 1.50 bits per heavy atom. The molecule has 0 fully saturated rings. The number of thiol groups is 1. The Bertz CT molecular complexity index is 257. The smallest absolute Gasteiger partial charge is 0.375 e. The molecular weight excluding hydrogens is 296 g/mol. The summed E-state index contributed by atoms with van der Waals surface area (Å²) in [4.78, 5) is 0. The van der Waals surface area contributed by atoms with Gasteiger partial charge < -0.3 is 4.74 Å². The van der Waals surface area contributed by atoms with Crippen LogP contribution in [0.3, 0.4) is 0 Å². The van der Waals surface area contributed by atoms with Gasteiger partial charge in [-0.25, -0.2) is 8.78 Å². The lowest BCUT2D eigenvalue weighted by molar-refractivity contribution is -0.345. The monoisotopic (exact) mass is 306 g/mol. The van der Waals surface area contributed by atoms with E-state index >= 15 is 0 Å². The van der Waals surface area contributed by atoms with Gasteiger partial charge in [0, 0.05) is 6.61 Å². The number of ether oxygens (including phenoxy) is 1. The molecule has 0 saturated carbocycles. The van der Waals surface area contributed by atoms with E-state index in [2.05, 4.69) is 17.4 Å². The van der Waals surface area contributed by atoms with Crippen molar-refractivity contribution in [3.63, 3.8) is 0 Å². The minimum atomic E-state index is -6.20. The maximum absolute atomic E-state index is 12.8. The molecule has 0 aromatic rings. The van der Waals surface area contributed by atoms with E-state index in [1.54, 1.807) is 0 Å². The summed E-state index contributed by atoms with van der Waals surface area (Å²) in [7, 11) is 0. The fourth-order valence-electron chi connectivity index (χ4n) is 0.838. The van der Waals surface area contributed by atoms with E-state index in [1.165, 1.54) is 0 Å². The van der Waals surface area contributed by atoms with Crippen molar-refractivity contribution in [1.82, 2.24) is 0 Å². The van der Waals surface area contributed by atoms with E-state index < -0.39 is 37.4 Å². The quantitative estimate of drug-likeness (QED) is 0.410. The third-order valence-corrected chi connectivity index (χ3v) is 2.20. The molecule has 0 N–H and O–H groups in total. The molecule has 0 rings (SSSR count). The van der Waals surface area contributed by atoms with E-state index in [9.17, 15) is 35.1 Å². The molecule has 0 amide bonds. The Kier molecular flexibility index (Phi) is 6.18. The molecule has 0 heterocycles. The second-order valence-electron chi connectivity index (χ2n) is 3.33. The number of alkyl halides is 8. The second kappa shape index (κ2) is 6.27. The van der Waals surface area contributed by atoms with Crippen molar-refractivity contribution in [3.8, 4) is 0 Å². The second-order valence-corrected chi connectivity index (χ2v) is 3.78. The molecule has 110 valence electrons. The van der Waals surface area contributed by atoms with E-state index in [0.29, 0.717) is 0 Å². The van der Waals surface area contributed by atoms with E-state index in [1.807, 2.05) is 0 Å². The van der Waals surface area contributed by atoms with E-state index in [-0.39, 0.29) is 12.2 Å². The van der Waals surface area contributed by atoms with Crippen LogP contribution in [0.4, 0.5) is 35.1 Å². The minimum Gasteiger partial charge on any atom is -0.375 e. The molecule has 1 nitrogen and oxygen atoms in total. The van der Waals surface area contributed by atoms with Gasteiger partial charge in [0.1, 0.15) is 6.61 Å². The molecule has 0 bridgehead atoms. The molecule has 0 aromatic heterocycles. The molecule has 10 heteroatoms. The first-order valence-electron chi connectivity index (χ1n) is 4.61. The van der Waals surface area contributed by atoms with Crippen molar-refractivity contribution >= 4 is 12.6 Å². The lowest BCUT2D eigenvalue weighted by Gasteiger charge is -2.31. The summed E-state index contributed by atoms with van der Waals surface area (Å²) in [5.74, 6) is -17.5. The van der Waals surface area contributed by atoms with Gasteiger partial charge in [0.15, 0.2) is 0 Å². The first-order chi connectivity index (χ1) is 8.00. The van der Waals surface area contributed by atoms with E-state index in [4.69, 9.17) is 0 Å². The lowest BCUT2D eigenvalue weighted by Crippen LogP contribution is -2.59. The number of hydrogen-bond donors (Lipinski definition) is 1. The van der Waals surface area contributed by atoms with Crippen LogP contribution in [0.2, 0.25) is 0 Å². The third kappa shape index (κ3) is 3.62. The van der Waals surface area contributed by atoms with Crippen LogP contribution in [0, 0.1) is 0 Å². The molecule has 0 atom stereocenters. The van der Waals surface area contributed by atoms with Crippen LogP contribution in [-0.2, 0) is 4.74 Å². The van der Waals surface area contributed by atoms with Crippen molar-refractivity contribution < 1.29 is 39.9 Å². The van der Waals surface area contributed by atoms with Crippen molar-refractivity contribution in [3.05, 3.63) is 0 Å². The zero-order valence-corrected chi connectivity index (χ0v) is 9.68. The Morgan fingerprint density at radius 3 is 1.89 bits per heavy atom. The summed E-state index contributed by atoms with van der Waals surface area (Å²) in [6.45, 7) is -2.49. The highest BCUT2D eigenvalue weighted by molar-refractivity contribution is 7.80. The Hall–Kier alpha value is -0.250. The van der Waals surface area contributed by atoms with Gasteiger partial charge >= 0.3 is 24.2 Å². The molecule has 0 aromatic carbocycles. The summed E-state index contributed by atoms with van der Waals surface area (Å²) in [6.07, 6.45) is -4.79. The summed E-state index contributed by atoms with van der Waals surface area (Å²) in [5.41, 5.74) is 0. The van der Waals surface area contributed by atoms with Crippen LogP contribution < -0.4 is 0 Å². The first-order valence-corrected chi connectivity index (χ1v) is 5.24. The highest BCUT2D eigenvalue weighted by atomic mass is 32.1. The fourth-order valence-corrected chi connectivity index (χ4v) is 0.968. The Balaban J connectivity index is 4.74. The molecule has 0 aliphatic rings. The summed E-state index contributed by atoms with van der Waals surface area (Å²) in [6, 6.07) is 0. The van der Waals surface area contributed by atoms with Gasteiger partial charge in [0.2, 0.25) is 0 Å². The van der Waals surface area contributed by atoms with Crippen molar-refractivity contribution in [2.75, 3.05) is 19.0 Å². The Labute approximate surface area is 103 Å². The van der Waals surface area contributed by atoms with Crippen LogP contribution in [0.5, 0.6) is 0 Å². The van der Waals surface area contributed by atoms with Crippen LogP contribution in [0.25, 0.3) is 0 Å². The average molecular weight is 306 g/mol. The maximum Gasteiger partial charge on any atom is 0.380 e. The summed E-state index contributed by atoms with van der Waals surface area (Å²) in [5, 5.41) is 0. The zero-order valence-electron chi connectivity index (χ0n) is 8.78. The van der Waals surface area contributed by atoms with Gasteiger partial charge in [0.25, 0.3) is 0 Å². The first kappa shape index (κ1) is 17.8. The molecule has 18 heavy (non-hydrogen) atoms. The normalized spacial score (nSPS) is 14.3. The van der Waals surface area contributed by atoms with Crippen molar-refractivity contribution in [2.45, 2.75) is 30.6 Å². The lowest BCUT2D eigenvalue weighted by atomic mass is 10.1. The highest BCUT2D eigenvalue weighted by Crippen LogP contribution is 2.48. The molecule has 0 radical (unpaired) electrons. The predicted molar refractivity (Wildman–Crippen MR) is 50.1 cm³/mol. The predicted octanol–water partition coefficient (Wildman–Crippen LogP) is 3.49. The SMILES string of the molecule is FC(F)C(F)(F)C(F)(F)C(F)(F)COCCCS. The Morgan fingerprint density at radius 1 is 1.00 bits per heavy atom. The van der Waals surface area contributed by atoms with Crippen LogP contribution >= 0.6 is 12.6 Å². The van der Waals surface area contributed by atoms with Gasteiger partial charge in [-0.15, -0.1) is 0 Å². The van der Waals surface area contributed by atoms with E-state index in [0.717, 1.165) is 0 Å². The van der Waals surface area contributed by atoms with Crippen LogP contribution in [0.15, 0.2) is 0 Å². The fraction of sp³-hybridized carbons (Fsp3) is 1.00. The average Bonchev–Trinajstić information content (AvgIpc) is 2.23. The molecule has 0 saturated heterocycles. The molecule has 0 unspecified atom stereocenters. The number of rotatable bonds is 8. The van der Waals surface area contributed by atoms with Gasteiger partial charge in [-0.1, -0.05) is 0 Å². The summed E-state index contributed by atoms with van der Waals surface area (Å²) < 4.78 is 103. The molecule has 0 spiro atoms. The van der Waals surface area contributed by atoms with Gasteiger partial charge in [-0.3, -0.25) is 0 Å². The van der Waals surface area contributed by atoms with Crippen molar-refractivity contribution in [1.29, 1.82) is 0 Å². The van der Waals surface area contributed by atoms with Crippen LogP contribution in [0.1, 0.15) is 6.42 Å². The van der Waals surface area contributed by atoms with Gasteiger partial charge in [-0.2, -0.15) is 39.0 Å². The largest absolute Gasteiger partial charge is 0.380 e. The maximum atomic E-state index is 12.8. The topological polar surface area (TPSA) is 9.23 Å². The standard InChI is InChI=1S/C8H10F8OS/c9-5(10)7(13,14)8(15,16)6(11,12)4-17-2-1-3-18/h5,18H,1-4H2. The number of hydrogen-bond acceptors (Lipinski definition) is 2. The minimum absolute atomic E-state index is 0.121. The molecule has 0 aliphatic heterocycles. The zero-order chi connectivity index (χ0) is 14.6. The third-order valence-electron chi connectivity index (χ3n) is 1.88. The highest BCUT2D eigenvalue weighted by Gasteiger charge is 2.75. The summed E-state index contributed by atoms with van der Waals surface area (Å²) >= 11 is 3.66. The van der Waals surface area contributed by atoms with Crippen molar-refractivity contribution in [2.24, 2.45) is 0 Å². The number of halogens is 8. The molecule has 0 aliphatic carbocycles.